The second-order valence-electron chi connectivity index (χ2n) is 13.2. The Kier molecular flexibility index (Phi) is 7.47. The third-order valence-corrected chi connectivity index (χ3v) is 10.4. The van der Waals surface area contributed by atoms with Gasteiger partial charge in [-0.25, -0.2) is 0 Å². The molecule has 0 spiro atoms. The molecule has 0 radical (unpaired) electrons. The van der Waals surface area contributed by atoms with Crippen molar-refractivity contribution in [2.45, 2.75) is 31.0 Å². The predicted molar refractivity (Wildman–Crippen MR) is 173 cm³/mol. The number of aromatic hydroxyl groups is 1. The Balaban J connectivity index is 1.36. The summed E-state index contributed by atoms with van der Waals surface area (Å²) in [6.07, 6.45) is 0.238. The number of phenols is 1. The van der Waals surface area contributed by atoms with Gasteiger partial charge in [0.15, 0.2) is 11.4 Å². The number of aliphatic hydroxyl groups excluding tert-OH is 2. The molecule has 7 rings (SSSR count). The summed E-state index contributed by atoms with van der Waals surface area (Å²) in [5.41, 5.74) is 5.13. The van der Waals surface area contributed by atoms with Crippen molar-refractivity contribution in [3.8, 4) is 16.9 Å². The van der Waals surface area contributed by atoms with Crippen LogP contribution in [0.2, 0.25) is 0 Å². The van der Waals surface area contributed by atoms with Gasteiger partial charge in [-0.1, -0.05) is 42.5 Å². The molecule has 0 aromatic heterocycles. The number of aliphatic hydroxyl groups is 3. The molecule has 0 saturated carbocycles. The normalized spacial score (nSPS) is 26.4. The number of nitrogens with two attached hydrogens (primary N) is 1. The molecule has 4 atom stereocenters. The average Bonchev–Trinajstić information content (AvgIpc) is 3.03. The lowest BCUT2D eigenvalue weighted by Gasteiger charge is -2.50. The molecule has 1 heterocycles. The van der Waals surface area contributed by atoms with Crippen LogP contribution in [0.1, 0.15) is 27.9 Å². The number of morpholine rings is 1. The summed E-state index contributed by atoms with van der Waals surface area (Å²) in [7, 11) is 3.22. The van der Waals surface area contributed by atoms with Gasteiger partial charge in [-0.15, -0.1) is 0 Å². The van der Waals surface area contributed by atoms with E-state index in [2.05, 4.69) is 17.0 Å². The first kappa shape index (κ1) is 31.1. The van der Waals surface area contributed by atoms with Crippen LogP contribution in [0, 0.1) is 11.8 Å². The Labute approximate surface area is 271 Å². The highest BCUT2D eigenvalue weighted by molar-refractivity contribution is 6.25. The fourth-order valence-electron chi connectivity index (χ4n) is 8.24. The van der Waals surface area contributed by atoms with Crippen molar-refractivity contribution in [1.29, 1.82) is 0 Å². The van der Waals surface area contributed by atoms with Crippen molar-refractivity contribution in [3.05, 3.63) is 87.9 Å². The molecule has 244 valence electrons. The number of phenolic OH excluding ortho intramolecular Hbond substituents is 1. The Morgan fingerprint density at radius 2 is 1.68 bits per heavy atom. The zero-order valence-electron chi connectivity index (χ0n) is 26.2. The number of primary amides is 1. The highest BCUT2D eigenvalue weighted by Crippen LogP contribution is 2.53. The highest BCUT2D eigenvalue weighted by atomic mass is 16.5. The monoisotopic (exact) mass is 639 g/mol. The maximum absolute atomic E-state index is 14.2. The number of rotatable bonds is 5. The van der Waals surface area contributed by atoms with E-state index in [0.29, 0.717) is 18.8 Å². The number of hydrogen-bond acceptors (Lipinski definition) is 10. The molecular weight excluding hydrogens is 602 g/mol. The molecular formula is C36H37N3O8. The van der Waals surface area contributed by atoms with Gasteiger partial charge >= 0.3 is 0 Å². The number of amides is 1. The number of carbonyl (C=O) groups excluding carboxylic acids is 3. The third kappa shape index (κ3) is 4.60. The maximum Gasteiger partial charge on any atom is 0.255 e. The Bertz CT molecular complexity index is 1920. The standard InChI is InChI=1S/C36H37N3O8/c1-38(2)30-25-16-19-15-24-23(22-8-7-18(17-39-11-13-47-14-12-39)20-5-3-4-6-21(20)22)9-10-26(40)28(24)31(41)27(19)33(43)36(25,46)34(44)29(32(30)42)35(37)45/h3-10,19,25,30,40,42-43,46H,11-17H2,1-2H3,(H2,37,45)/t19-,25+,30+,36-/m1/s1. The molecule has 3 aliphatic carbocycles. The summed E-state index contributed by atoms with van der Waals surface area (Å²) in [6, 6.07) is 14.4. The van der Waals surface area contributed by atoms with Crippen LogP contribution in [0.25, 0.3) is 21.9 Å². The number of fused-ring (bicyclic) bond motifs is 4. The number of ether oxygens (including phenoxy) is 1. The van der Waals surface area contributed by atoms with Gasteiger partial charge in [-0.3, -0.25) is 24.2 Å². The van der Waals surface area contributed by atoms with Gasteiger partial charge in [-0.05, 0) is 71.9 Å². The molecule has 47 heavy (non-hydrogen) atoms. The Morgan fingerprint density at radius 3 is 2.36 bits per heavy atom. The number of allylic oxidation sites excluding steroid dienone is 1. The first-order chi connectivity index (χ1) is 22.4. The second kappa shape index (κ2) is 11.3. The van der Waals surface area contributed by atoms with Crippen LogP contribution in [-0.2, 0) is 27.3 Å². The minimum absolute atomic E-state index is 0.00948. The minimum Gasteiger partial charge on any atom is -0.510 e. The SMILES string of the molecule is CN(C)[C@@H]1C(O)=C(C(N)=O)C(=O)[C@]2(O)C(O)=C3C(=O)c4c(O)ccc(-c5ccc(CN6CCOCC6)c6ccccc56)c4C[C@@H]3C[C@@H]12. The minimum atomic E-state index is -2.68. The van der Waals surface area contributed by atoms with Crippen LogP contribution in [0.4, 0.5) is 0 Å². The summed E-state index contributed by atoms with van der Waals surface area (Å²) >= 11 is 0. The van der Waals surface area contributed by atoms with E-state index in [0.717, 1.165) is 47.1 Å². The van der Waals surface area contributed by atoms with Crippen molar-refractivity contribution in [3.63, 3.8) is 0 Å². The van der Waals surface area contributed by atoms with Crippen LogP contribution in [-0.4, -0.2) is 99.7 Å². The predicted octanol–water partition coefficient (Wildman–Crippen LogP) is 2.77. The summed E-state index contributed by atoms with van der Waals surface area (Å²) < 4.78 is 5.52. The largest absolute Gasteiger partial charge is 0.510 e. The molecule has 1 fully saturated rings. The number of Topliss-reactive ketones (excluding diaryl/α,β-unsaturated/α-hetero) is 2. The topological polar surface area (TPSA) is 174 Å². The summed E-state index contributed by atoms with van der Waals surface area (Å²) in [5, 5.41) is 47.7. The van der Waals surface area contributed by atoms with Crippen LogP contribution in [0.15, 0.2) is 71.2 Å². The van der Waals surface area contributed by atoms with Crippen LogP contribution >= 0.6 is 0 Å². The van der Waals surface area contributed by atoms with Crippen molar-refractivity contribution in [2.24, 2.45) is 17.6 Å². The maximum atomic E-state index is 14.2. The molecule has 3 aromatic carbocycles. The molecule has 11 nitrogen and oxygen atoms in total. The van der Waals surface area contributed by atoms with E-state index in [1.54, 1.807) is 25.1 Å². The number of likely N-dealkylation sites (N-methyl/N-ethyl adjacent to an activating group) is 1. The smallest absolute Gasteiger partial charge is 0.255 e. The van der Waals surface area contributed by atoms with Gasteiger partial charge in [0.1, 0.15) is 22.8 Å². The zero-order chi connectivity index (χ0) is 33.4. The second-order valence-corrected chi connectivity index (χ2v) is 13.2. The summed E-state index contributed by atoms with van der Waals surface area (Å²) in [4.78, 5) is 44.0. The van der Waals surface area contributed by atoms with Gasteiger partial charge in [0, 0.05) is 31.1 Å². The molecule has 6 N–H and O–H groups in total. The molecule has 4 aliphatic rings. The van der Waals surface area contributed by atoms with Crippen molar-refractivity contribution in [2.75, 3.05) is 40.4 Å². The van der Waals surface area contributed by atoms with E-state index in [4.69, 9.17) is 10.5 Å². The van der Waals surface area contributed by atoms with Crippen molar-refractivity contribution in [1.82, 2.24) is 9.80 Å². The number of carbonyl (C=O) groups is 3. The number of hydrogen-bond donors (Lipinski definition) is 5. The zero-order valence-corrected chi connectivity index (χ0v) is 26.2. The third-order valence-electron chi connectivity index (χ3n) is 10.4. The molecule has 11 heteroatoms. The molecule has 1 saturated heterocycles. The van der Waals surface area contributed by atoms with Crippen LogP contribution < -0.4 is 5.73 Å². The molecule has 3 aromatic rings. The lowest BCUT2D eigenvalue weighted by Crippen LogP contribution is -2.63. The van der Waals surface area contributed by atoms with E-state index in [9.17, 15) is 34.8 Å². The number of nitrogens with zero attached hydrogens (tertiary/aromatic N) is 2. The summed E-state index contributed by atoms with van der Waals surface area (Å²) in [5.74, 6) is -6.72. The lowest BCUT2D eigenvalue weighted by atomic mass is 9.58. The van der Waals surface area contributed by atoms with Gasteiger partial charge in [-0.2, -0.15) is 0 Å². The van der Waals surface area contributed by atoms with Gasteiger partial charge in [0.25, 0.3) is 5.91 Å². The van der Waals surface area contributed by atoms with Gasteiger partial charge < -0.3 is 30.9 Å². The Morgan fingerprint density at radius 1 is 1.00 bits per heavy atom. The van der Waals surface area contributed by atoms with Gasteiger partial charge in [0.05, 0.1) is 24.8 Å². The van der Waals surface area contributed by atoms with E-state index >= 15 is 0 Å². The lowest BCUT2D eigenvalue weighted by molar-refractivity contribution is -0.148. The first-order valence-electron chi connectivity index (χ1n) is 15.8. The number of ketones is 2. The van der Waals surface area contributed by atoms with Crippen LogP contribution in [0.5, 0.6) is 5.75 Å². The fourth-order valence-corrected chi connectivity index (χ4v) is 8.24. The summed E-state index contributed by atoms with van der Waals surface area (Å²) in [6.45, 7) is 3.85. The van der Waals surface area contributed by atoms with Gasteiger partial charge in [0.2, 0.25) is 5.78 Å². The first-order valence-corrected chi connectivity index (χ1v) is 15.8. The molecule has 0 bridgehead atoms. The van der Waals surface area contributed by atoms with Crippen LogP contribution in [0.3, 0.4) is 0 Å². The fraction of sp³-hybridized carbons (Fsp3) is 0.361. The van der Waals surface area contributed by atoms with E-state index in [1.165, 1.54) is 6.07 Å². The van der Waals surface area contributed by atoms with E-state index in [1.807, 2.05) is 24.3 Å². The molecule has 0 unspecified atom stereocenters. The van der Waals surface area contributed by atoms with E-state index in [-0.39, 0.29) is 29.7 Å². The number of benzene rings is 3. The highest BCUT2D eigenvalue weighted by Gasteiger charge is 2.63. The molecule has 1 aliphatic heterocycles. The van der Waals surface area contributed by atoms with Crippen molar-refractivity contribution < 1.29 is 39.5 Å². The van der Waals surface area contributed by atoms with E-state index < -0.39 is 58.0 Å². The Hall–Kier alpha value is -4.55. The quantitative estimate of drug-likeness (QED) is 0.261. The molecule has 1 amide bonds. The average molecular weight is 640 g/mol. The van der Waals surface area contributed by atoms with Crippen molar-refractivity contribution >= 4 is 28.2 Å².